The van der Waals surface area contributed by atoms with Crippen LogP contribution in [0.5, 0.6) is 5.75 Å². The van der Waals surface area contributed by atoms with Crippen molar-refractivity contribution in [2.24, 2.45) is 5.92 Å². The number of amides is 1. The van der Waals surface area contributed by atoms with Crippen LogP contribution in [0.15, 0.2) is 24.4 Å². The monoisotopic (exact) mass is 393 g/mol. The summed E-state index contributed by atoms with van der Waals surface area (Å²) in [6, 6.07) is 4.81. The molecule has 0 saturated carbocycles. The molecule has 0 fully saturated rings. The van der Waals surface area contributed by atoms with Crippen LogP contribution in [0.4, 0.5) is 13.2 Å². The van der Waals surface area contributed by atoms with Crippen LogP contribution in [-0.2, 0) is 19.4 Å². The Morgan fingerprint density at radius 2 is 2.18 bits per heavy atom. The van der Waals surface area contributed by atoms with Crippen LogP contribution in [0.25, 0.3) is 0 Å². The number of fused-ring (bicyclic) bond motifs is 2. The minimum atomic E-state index is -4.26. The second kappa shape index (κ2) is 6.96. The standard InChI is InChI=1S/C19H18F3N3O3/c20-19(21,22)12-4-5-17-24-15(8-25(17)7-12)18(27)23-13-6-14-11(9-26)2-1-3-16(14)28-10-13/h1-3,8-9,12-13H,4-7,10H2,(H,23,27). The van der Waals surface area contributed by atoms with Gasteiger partial charge in [0, 0.05) is 36.7 Å². The van der Waals surface area contributed by atoms with Gasteiger partial charge in [-0.15, -0.1) is 0 Å². The molecule has 1 N–H and O–H groups in total. The van der Waals surface area contributed by atoms with E-state index in [0.717, 1.165) is 11.8 Å². The summed E-state index contributed by atoms with van der Waals surface area (Å²) in [5.41, 5.74) is 1.32. The molecule has 2 aliphatic rings. The topological polar surface area (TPSA) is 73.2 Å². The van der Waals surface area contributed by atoms with Gasteiger partial charge < -0.3 is 14.6 Å². The van der Waals surface area contributed by atoms with Crippen molar-refractivity contribution in [1.29, 1.82) is 0 Å². The van der Waals surface area contributed by atoms with Crippen LogP contribution in [0.3, 0.4) is 0 Å². The number of rotatable bonds is 3. The fourth-order valence-electron chi connectivity index (χ4n) is 3.71. The molecule has 1 aromatic heterocycles. The number of imidazole rings is 1. The molecule has 6 nitrogen and oxygen atoms in total. The Hall–Kier alpha value is -2.84. The van der Waals surface area contributed by atoms with Crippen molar-refractivity contribution in [1.82, 2.24) is 14.9 Å². The van der Waals surface area contributed by atoms with Gasteiger partial charge in [-0.1, -0.05) is 12.1 Å². The SMILES string of the molecule is O=Cc1cccc2c1CC(NC(=O)c1cn3c(n1)CCC(C(F)(F)F)C3)CO2. The van der Waals surface area contributed by atoms with Gasteiger partial charge in [-0.3, -0.25) is 9.59 Å². The molecule has 2 unspecified atom stereocenters. The van der Waals surface area contributed by atoms with E-state index in [-0.39, 0.29) is 37.7 Å². The third-order valence-corrected chi connectivity index (χ3v) is 5.21. The first kappa shape index (κ1) is 18.5. The number of ether oxygens (including phenoxy) is 1. The number of aldehydes is 1. The van der Waals surface area contributed by atoms with Crippen LogP contribution in [-0.4, -0.2) is 40.6 Å². The highest BCUT2D eigenvalue weighted by molar-refractivity contribution is 5.92. The summed E-state index contributed by atoms with van der Waals surface area (Å²) >= 11 is 0. The molecule has 3 heterocycles. The maximum atomic E-state index is 12.9. The zero-order valence-corrected chi connectivity index (χ0v) is 14.8. The van der Waals surface area contributed by atoms with E-state index in [1.54, 1.807) is 18.2 Å². The van der Waals surface area contributed by atoms with E-state index in [1.807, 2.05) is 0 Å². The Morgan fingerprint density at radius 3 is 2.93 bits per heavy atom. The van der Waals surface area contributed by atoms with Gasteiger partial charge in [0.05, 0.1) is 12.0 Å². The number of nitrogens with one attached hydrogen (secondary N) is 1. The normalized spacial score (nSPS) is 21.2. The van der Waals surface area contributed by atoms with Crippen molar-refractivity contribution in [3.63, 3.8) is 0 Å². The molecule has 4 rings (SSSR count). The molecule has 1 aromatic carbocycles. The number of hydrogen-bond donors (Lipinski definition) is 1. The molecule has 28 heavy (non-hydrogen) atoms. The first-order chi connectivity index (χ1) is 13.3. The molecule has 0 saturated heterocycles. The summed E-state index contributed by atoms with van der Waals surface area (Å²) in [5.74, 6) is -0.786. The predicted octanol–water partition coefficient (Wildman–Crippen LogP) is 2.55. The summed E-state index contributed by atoms with van der Waals surface area (Å²) < 4.78 is 45.9. The Kier molecular flexibility index (Phi) is 4.60. The summed E-state index contributed by atoms with van der Waals surface area (Å²) in [4.78, 5) is 27.9. The quantitative estimate of drug-likeness (QED) is 0.814. The van der Waals surface area contributed by atoms with Crippen LogP contribution >= 0.6 is 0 Å². The zero-order valence-electron chi connectivity index (χ0n) is 14.8. The van der Waals surface area contributed by atoms with E-state index in [1.165, 1.54) is 10.8 Å². The van der Waals surface area contributed by atoms with Gasteiger partial charge in [0.2, 0.25) is 0 Å². The van der Waals surface area contributed by atoms with Crippen molar-refractivity contribution < 1.29 is 27.5 Å². The largest absolute Gasteiger partial charge is 0.491 e. The number of hydrogen-bond acceptors (Lipinski definition) is 4. The maximum Gasteiger partial charge on any atom is 0.393 e. The molecule has 1 amide bonds. The van der Waals surface area contributed by atoms with Gasteiger partial charge >= 0.3 is 6.18 Å². The lowest BCUT2D eigenvalue weighted by molar-refractivity contribution is -0.182. The van der Waals surface area contributed by atoms with Crippen molar-refractivity contribution in [3.05, 3.63) is 47.0 Å². The van der Waals surface area contributed by atoms with Gasteiger partial charge in [-0.25, -0.2) is 4.98 Å². The van der Waals surface area contributed by atoms with E-state index in [9.17, 15) is 22.8 Å². The van der Waals surface area contributed by atoms with E-state index < -0.39 is 18.0 Å². The summed E-state index contributed by atoms with van der Waals surface area (Å²) in [7, 11) is 0. The van der Waals surface area contributed by atoms with E-state index in [0.29, 0.717) is 23.6 Å². The average Bonchev–Trinajstić information content (AvgIpc) is 3.10. The highest BCUT2D eigenvalue weighted by Crippen LogP contribution is 2.34. The number of alkyl halides is 3. The molecule has 2 atom stereocenters. The molecule has 0 bridgehead atoms. The number of aryl methyl sites for hydroxylation is 1. The molecule has 148 valence electrons. The van der Waals surface area contributed by atoms with Crippen molar-refractivity contribution >= 4 is 12.2 Å². The van der Waals surface area contributed by atoms with Gasteiger partial charge in [0.25, 0.3) is 5.91 Å². The summed E-state index contributed by atoms with van der Waals surface area (Å²) in [6.07, 6.45) is -1.56. The smallest absolute Gasteiger partial charge is 0.393 e. The number of benzene rings is 1. The van der Waals surface area contributed by atoms with Crippen LogP contribution in [0.2, 0.25) is 0 Å². The third kappa shape index (κ3) is 3.48. The molecule has 9 heteroatoms. The first-order valence-electron chi connectivity index (χ1n) is 8.98. The molecule has 2 aliphatic heterocycles. The lowest BCUT2D eigenvalue weighted by Gasteiger charge is -2.26. The number of carbonyl (C=O) groups excluding carboxylic acids is 2. The zero-order chi connectivity index (χ0) is 19.9. The average molecular weight is 393 g/mol. The molecule has 0 radical (unpaired) electrons. The Morgan fingerprint density at radius 1 is 1.36 bits per heavy atom. The fraction of sp³-hybridized carbons (Fsp3) is 0.421. The van der Waals surface area contributed by atoms with Crippen molar-refractivity contribution in [2.45, 2.75) is 38.0 Å². The number of nitrogens with zero attached hydrogens (tertiary/aromatic N) is 2. The lowest BCUT2D eigenvalue weighted by atomic mass is 9.98. The highest BCUT2D eigenvalue weighted by atomic mass is 19.4. The Bertz CT molecular complexity index is 923. The Labute approximate surface area is 158 Å². The predicted molar refractivity (Wildman–Crippen MR) is 92.4 cm³/mol. The molecule has 0 aliphatic carbocycles. The molecule has 0 spiro atoms. The minimum absolute atomic E-state index is 0.0245. The molecule has 2 aromatic rings. The summed E-state index contributed by atoms with van der Waals surface area (Å²) in [6.45, 7) is 0.0203. The van der Waals surface area contributed by atoms with Crippen molar-refractivity contribution in [3.8, 4) is 5.75 Å². The molecular weight excluding hydrogens is 375 g/mol. The van der Waals surface area contributed by atoms with Crippen LogP contribution in [0, 0.1) is 5.92 Å². The van der Waals surface area contributed by atoms with E-state index >= 15 is 0 Å². The summed E-state index contributed by atoms with van der Waals surface area (Å²) in [5, 5.41) is 2.80. The van der Waals surface area contributed by atoms with Gasteiger partial charge in [0.15, 0.2) is 0 Å². The van der Waals surface area contributed by atoms with Gasteiger partial charge in [-0.2, -0.15) is 13.2 Å². The fourth-order valence-corrected chi connectivity index (χ4v) is 3.71. The number of halogens is 3. The second-order valence-electron chi connectivity index (χ2n) is 7.10. The van der Waals surface area contributed by atoms with Gasteiger partial charge in [0.1, 0.15) is 30.2 Å². The highest BCUT2D eigenvalue weighted by Gasteiger charge is 2.41. The lowest BCUT2D eigenvalue weighted by Crippen LogP contribution is -2.43. The number of aromatic nitrogens is 2. The Balaban J connectivity index is 1.46. The second-order valence-corrected chi connectivity index (χ2v) is 7.10. The minimum Gasteiger partial charge on any atom is -0.491 e. The van der Waals surface area contributed by atoms with Crippen molar-refractivity contribution in [2.75, 3.05) is 6.61 Å². The maximum absolute atomic E-state index is 12.9. The molecular formula is C19H18F3N3O3. The third-order valence-electron chi connectivity index (χ3n) is 5.21. The first-order valence-corrected chi connectivity index (χ1v) is 8.98. The van der Waals surface area contributed by atoms with E-state index in [2.05, 4.69) is 10.3 Å². The van der Waals surface area contributed by atoms with Crippen LogP contribution < -0.4 is 10.1 Å². The van der Waals surface area contributed by atoms with Gasteiger partial charge in [-0.05, 0) is 12.5 Å². The van der Waals surface area contributed by atoms with E-state index in [4.69, 9.17) is 4.74 Å². The van der Waals surface area contributed by atoms with Crippen LogP contribution in [0.1, 0.15) is 38.7 Å². The number of carbonyl (C=O) groups is 2.